The van der Waals surface area contributed by atoms with Gasteiger partial charge in [-0.15, -0.1) is 0 Å². The molecule has 1 saturated carbocycles. The maximum atomic E-state index is 12.2. The van der Waals surface area contributed by atoms with Crippen molar-refractivity contribution in [3.8, 4) is 11.5 Å². The first-order valence-corrected chi connectivity index (χ1v) is 8.23. The minimum atomic E-state index is 0.0952. The van der Waals surface area contributed by atoms with Crippen LogP contribution in [0.15, 0.2) is 18.2 Å². The van der Waals surface area contributed by atoms with E-state index in [1.54, 1.807) is 14.2 Å². The zero-order valence-electron chi connectivity index (χ0n) is 13.7. The van der Waals surface area contributed by atoms with Crippen molar-refractivity contribution in [3.63, 3.8) is 0 Å². The van der Waals surface area contributed by atoms with Crippen LogP contribution in [0.25, 0.3) is 0 Å². The maximum Gasteiger partial charge on any atom is 0.224 e. The van der Waals surface area contributed by atoms with E-state index < -0.39 is 0 Å². The molecule has 0 aromatic heterocycles. The first kappa shape index (κ1) is 16.7. The zero-order chi connectivity index (χ0) is 15.8. The van der Waals surface area contributed by atoms with Gasteiger partial charge in [0.2, 0.25) is 5.91 Å². The molecule has 0 unspecified atom stereocenters. The number of carbonyl (C=O) groups excluding carboxylic acids is 1. The monoisotopic (exact) mass is 305 g/mol. The molecule has 1 N–H and O–H groups in total. The van der Waals surface area contributed by atoms with Gasteiger partial charge in [0.25, 0.3) is 0 Å². The Morgan fingerprint density at radius 1 is 1.05 bits per heavy atom. The van der Waals surface area contributed by atoms with Gasteiger partial charge >= 0.3 is 0 Å². The van der Waals surface area contributed by atoms with Crippen LogP contribution in [0.3, 0.4) is 0 Å². The van der Waals surface area contributed by atoms with Crippen molar-refractivity contribution in [3.05, 3.63) is 23.8 Å². The number of hydrogen-bond acceptors (Lipinski definition) is 3. The van der Waals surface area contributed by atoms with Crippen LogP contribution in [0.1, 0.15) is 50.5 Å². The maximum absolute atomic E-state index is 12.2. The second-order valence-corrected chi connectivity index (χ2v) is 5.98. The summed E-state index contributed by atoms with van der Waals surface area (Å²) in [4.78, 5) is 12.2. The third-order valence-corrected chi connectivity index (χ3v) is 4.28. The molecule has 1 aromatic rings. The Kier molecular flexibility index (Phi) is 6.56. The van der Waals surface area contributed by atoms with Crippen molar-refractivity contribution in [2.45, 2.75) is 57.4 Å². The fraction of sp³-hybridized carbons (Fsp3) is 0.611. The molecule has 0 spiro atoms. The minimum Gasteiger partial charge on any atom is -0.493 e. The molecule has 2 rings (SSSR count). The lowest BCUT2D eigenvalue weighted by Crippen LogP contribution is -2.36. The summed E-state index contributed by atoms with van der Waals surface area (Å²) in [6.07, 6.45) is 8.98. The lowest BCUT2D eigenvalue weighted by Gasteiger charge is -2.21. The second-order valence-electron chi connectivity index (χ2n) is 5.98. The van der Waals surface area contributed by atoms with Gasteiger partial charge in [0.1, 0.15) is 0 Å². The molecular formula is C18H27NO3. The van der Waals surface area contributed by atoms with Crippen molar-refractivity contribution in [2.24, 2.45) is 0 Å². The van der Waals surface area contributed by atoms with Gasteiger partial charge in [0.15, 0.2) is 11.5 Å². The number of carbonyl (C=O) groups is 1. The molecule has 1 fully saturated rings. The molecule has 0 heterocycles. The predicted molar refractivity (Wildman–Crippen MR) is 87.5 cm³/mol. The molecule has 22 heavy (non-hydrogen) atoms. The van der Waals surface area contributed by atoms with Crippen LogP contribution in [-0.2, 0) is 11.2 Å². The molecule has 0 saturated heterocycles. The third kappa shape index (κ3) is 4.93. The molecule has 0 radical (unpaired) electrons. The molecule has 1 aliphatic carbocycles. The van der Waals surface area contributed by atoms with E-state index in [0.29, 0.717) is 24.0 Å². The first-order chi connectivity index (χ1) is 10.7. The highest BCUT2D eigenvalue weighted by molar-refractivity contribution is 5.79. The summed E-state index contributed by atoms with van der Waals surface area (Å²) in [7, 11) is 3.22. The molecule has 0 atom stereocenters. The Morgan fingerprint density at radius 3 is 2.32 bits per heavy atom. The standard InChI is InChI=1S/C18H27NO3/c1-21-16-11-10-14(12-17(16)22-2)13-18(20)19-15-8-6-4-3-5-7-9-15/h10-12,15H,3-9,13H2,1-2H3,(H,19,20). The summed E-state index contributed by atoms with van der Waals surface area (Å²) >= 11 is 0. The van der Waals surface area contributed by atoms with Crippen molar-refractivity contribution < 1.29 is 14.3 Å². The van der Waals surface area contributed by atoms with E-state index >= 15 is 0 Å². The predicted octanol–water partition coefficient (Wildman–Crippen LogP) is 3.48. The topological polar surface area (TPSA) is 47.6 Å². The van der Waals surface area contributed by atoms with Crippen LogP contribution in [0.4, 0.5) is 0 Å². The number of benzene rings is 1. The van der Waals surface area contributed by atoms with Crippen LogP contribution in [0.2, 0.25) is 0 Å². The molecular weight excluding hydrogens is 278 g/mol. The molecule has 4 heteroatoms. The number of hydrogen-bond donors (Lipinski definition) is 1. The molecule has 0 bridgehead atoms. The van der Waals surface area contributed by atoms with Gasteiger partial charge in [-0.2, -0.15) is 0 Å². The van der Waals surface area contributed by atoms with Crippen molar-refractivity contribution in [1.82, 2.24) is 5.32 Å². The normalized spacial score (nSPS) is 16.5. The van der Waals surface area contributed by atoms with Gasteiger partial charge in [0, 0.05) is 6.04 Å². The van der Waals surface area contributed by atoms with E-state index in [4.69, 9.17) is 9.47 Å². The number of ether oxygens (including phenoxy) is 2. The van der Waals surface area contributed by atoms with Gasteiger partial charge in [-0.3, -0.25) is 4.79 Å². The molecule has 0 aliphatic heterocycles. The zero-order valence-corrected chi connectivity index (χ0v) is 13.7. The van der Waals surface area contributed by atoms with Gasteiger partial charge < -0.3 is 14.8 Å². The Bertz CT molecular complexity index is 479. The lowest BCUT2D eigenvalue weighted by molar-refractivity contribution is -0.121. The number of nitrogens with one attached hydrogen (secondary N) is 1. The smallest absolute Gasteiger partial charge is 0.224 e. The lowest BCUT2D eigenvalue weighted by atomic mass is 9.96. The summed E-state index contributed by atoms with van der Waals surface area (Å²) in [5.74, 6) is 1.45. The van der Waals surface area contributed by atoms with E-state index in [-0.39, 0.29) is 5.91 Å². The summed E-state index contributed by atoms with van der Waals surface area (Å²) in [5, 5.41) is 3.19. The van der Waals surface area contributed by atoms with Crippen LogP contribution in [0, 0.1) is 0 Å². The largest absolute Gasteiger partial charge is 0.493 e. The Labute approximate surface area is 133 Å². The Balaban J connectivity index is 1.90. The van der Waals surface area contributed by atoms with Crippen molar-refractivity contribution in [1.29, 1.82) is 0 Å². The quantitative estimate of drug-likeness (QED) is 0.906. The van der Waals surface area contributed by atoms with E-state index in [1.807, 2.05) is 18.2 Å². The average Bonchev–Trinajstić information content (AvgIpc) is 2.49. The Morgan fingerprint density at radius 2 is 1.68 bits per heavy atom. The van der Waals surface area contributed by atoms with Crippen LogP contribution in [0.5, 0.6) is 11.5 Å². The third-order valence-electron chi connectivity index (χ3n) is 4.28. The number of amides is 1. The Hall–Kier alpha value is -1.71. The molecule has 122 valence electrons. The summed E-state index contributed by atoms with van der Waals surface area (Å²) < 4.78 is 10.5. The van der Waals surface area contributed by atoms with E-state index in [2.05, 4.69) is 5.32 Å². The van der Waals surface area contributed by atoms with Gasteiger partial charge in [-0.05, 0) is 30.5 Å². The number of methoxy groups -OCH3 is 2. The van der Waals surface area contributed by atoms with E-state index in [1.165, 1.54) is 32.1 Å². The molecule has 4 nitrogen and oxygen atoms in total. The first-order valence-electron chi connectivity index (χ1n) is 8.23. The van der Waals surface area contributed by atoms with Gasteiger partial charge in [-0.25, -0.2) is 0 Å². The van der Waals surface area contributed by atoms with Crippen LogP contribution in [-0.4, -0.2) is 26.2 Å². The highest BCUT2D eigenvalue weighted by Gasteiger charge is 2.15. The van der Waals surface area contributed by atoms with Gasteiger partial charge in [-0.1, -0.05) is 38.2 Å². The summed E-state index contributed by atoms with van der Waals surface area (Å²) in [5.41, 5.74) is 0.945. The minimum absolute atomic E-state index is 0.0952. The number of rotatable bonds is 5. The SMILES string of the molecule is COc1ccc(CC(=O)NC2CCCCCCC2)cc1OC. The fourth-order valence-corrected chi connectivity index (χ4v) is 3.06. The van der Waals surface area contributed by atoms with Crippen molar-refractivity contribution in [2.75, 3.05) is 14.2 Å². The molecule has 1 aromatic carbocycles. The molecule has 1 amide bonds. The van der Waals surface area contributed by atoms with Gasteiger partial charge in [0.05, 0.1) is 20.6 Å². The molecule has 1 aliphatic rings. The van der Waals surface area contributed by atoms with Crippen molar-refractivity contribution >= 4 is 5.91 Å². The van der Waals surface area contributed by atoms with E-state index in [9.17, 15) is 4.79 Å². The average molecular weight is 305 g/mol. The summed E-state index contributed by atoms with van der Waals surface area (Å²) in [6.45, 7) is 0. The van der Waals surface area contributed by atoms with Crippen LogP contribution < -0.4 is 14.8 Å². The van der Waals surface area contributed by atoms with E-state index in [0.717, 1.165) is 18.4 Å². The van der Waals surface area contributed by atoms with Crippen LogP contribution >= 0.6 is 0 Å². The fourth-order valence-electron chi connectivity index (χ4n) is 3.06. The second kappa shape index (κ2) is 8.66. The highest BCUT2D eigenvalue weighted by atomic mass is 16.5. The highest BCUT2D eigenvalue weighted by Crippen LogP contribution is 2.27. The summed E-state index contributed by atoms with van der Waals surface area (Å²) in [6, 6.07) is 5.97.